The van der Waals surface area contributed by atoms with Gasteiger partial charge in [0.25, 0.3) is 0 Å². The largest absolute Gasteiger partial charge is 0.497 e. The number of carbonyl (C=O) groups excluding carboxylic acids is 1. The van der Waals surface area contributed by atoms with E-state index in [9.17, 15) is 4.79 Å². The summed E-state index contributed by atoms with van der Waals surface area (Å²) in [5.74, 6) is 0.845. The van der Waals surface area contributed by atoms with Crippen LogP contribution < -0.4 is 4.74 Å². The fourth-order valence-corrected chi connectivity index (χ4v) is 2.96. The number of rotatable bonds is 16. The molecule has 0 aromatic heterocycles. The van der Waals surface area contributed by atoms with Gasteiger partial charge in [0.05, 0.1) is 25.9 Å². The lowest BCUT2D eigenvalue weighted by Gasteiger charge is -2.37. The van der Waals surface area contributed by atoms with Gasteiger partial charge in [0.1, 0.15) is 5.75 Å². The first kappa shape index (κ1) is 24.6. The van der Waals surface area contributed by atoms with Gasteiger partial charge in [-0.25, -0.2) is 0 Å². The maximum absolute atomic E-state index is 13.2. The lowest BCUT2D eigenvalue weighted by Crippen LogP contribution is -2.52. The third-order valence-electron chi connectivity index (χ3n) is 4.99. The van der Waals surface area contributed by atoms with Crippen LogP contribution in [0, 0.1) is 0 Å². The SMILES string of the molecule is CCCCOCCN(CCOCCCC)C(C)(C)C(=O)c1ccc(OC)cc1. The molecule has 0 atom stereocenters. The van der Waals surface area contributed by atoms with E-state index in [0.717, 1.165) is 44.6 Å². The van der Waals surface area contributed by atoms with Gasteiger partial charge in [0.2, 0.25) is 0 Å². The zero-order valence-electron chi connectivity index (χ0n) is 18.5. The van der Waals surface area contributed by atoms with Crippen LogP contribution in [0.25, 0.3) is 0 Å². The molecule has 0 bridgehead atoms. The Bertz CT molecular complexity index is 528. The van der Waals surface area contributed by atoms with Crippen molar-refractivity contribution in [2.45, 2.75) is 58.9 Å². The molecular weight excluding hydrogens is 354 g/mol. The molecule has 0 radical (unpaired) electrons. The molecule has 0 saturated heterocycles. The van der Waals surface area contributed by atoms with Crippen molar-refractivity contribution in [3.63, 3.8) is 0 Å². The predicted octanol–water partition coefficient (Wildman–Crippen LogP) is 4.59. The molecule has 1 aromatic rings. The van der Waals surface area contributed by atoms with E-state index < -0.39 is 5.54 Å². The molecule has 0 saturated carbocycles. The Hall–Kier alpha value is -1.43. The van der Waals surface area contributed by atoms with Crippen molar-refractivity contribution in [1.82, 2.24) is 4.90 Å². The zero-order valence-corrected chi connectivity index (χ0v) is 18.5. The Morgan fingerprint density at radius 1 is 0.893 bits per heavy atom. The summed E-state index contributed by atoms with van der Waals surface area (Å²) in [6.45, 7) is 12.5. The van der Waals surface area contributed by atoms with Crippen LogP contribution in [0.15, 0.2) is 24.3 Å². The number of unbranched alkanes of at least 4 members (excludes halogenated alkanes) is 2. The van der Waals surface area contributed by atoms with Gasteiger partial charge in [0.15, 0.2) is 5.78 Å². The third kappa shape index (κ3) is 8.29. The molecule has 0 N–H and O–H groups in total. The van der Waals surface area contributed by atoms with E-state index in [2.05, 4.69) is 18.7 Å². The number of Topliss-reactive ketones (excluding diaryl/α,β-unsaturated/α-hetero) is 1. The second kappa shape index (κ2) is 13.7. The molecule has 0 amide bonds. The molecule has 5 nitrogen and oxygen atoms in total. The Balaban J connectivity index is 2.75. The molecule has 0 aliphatic rings. The van der Waals surface area contributed by atoms with Gasteiger partial charge in [-0.2, -0.15) is 0 Å². The second-order valence-electron chi connectivity index (χ2n) is 7.54. The number of benzene rings is 1. The Morgan fingerprint density at radius 3 is 1.82 bits per heavy atom. The number of ether oxygens (including phenoxy) is 3. The number of ketones is 1. The molecule has 5 heteroatoms. The summed E-state index contributed by atoms with van der Waals surface area (Å²) in [6.07, 6.45) is 4.37. The quantitative estimate of drug-likeness (QED) is 0.304. The van der Waals surface area contributed by atoms with Gasteiger partial charge >= 0.3 is 0 Å². The summed E-state index contributed by atoms with van der Waals surface area (Å²) in [7, 11) is 1.62. The van der Waals surface area contributed by atoms with E-state index in [4.69, 9.17) is 14.2 Å². The summed E-state index contributed by atoms with van der Waals surface area (Å²) in [5, 5.41) is 0. The van der Waals surface area contributed by atoms with E-state index in [1.807, 2.05) is 38.1 Å². The van der Waals surface area contributed by atoms with E-state index in [0.29, 0.717) is 31.9 Å². The van der Waals surface area contributed by atoms with Gasteiger partial charge in [-0.05, 0) is 51.0 Å². The maximum atomic E-state index is 13.2. The molecular formula is C23H39NO4. The molecule has 1 rings (SSSR count). The summed E-state index contributed by atoms with van der Waals surface area (Å²) in [5.41, 5.74) is 0.0474. The van der Waals surface area contributed by atoms with Crippen LogP contribution in [0.4, 0.5) is 0 Å². The highest BCUT2D eigenvalue weighted by Gasteiger charge is 2.34. The van der Waals surface area contributed by atoms with Crippen LogP contribution in [0.1, 0.15) is 63.7 Å². The Kier molecular flexibility index (Phi) is 12.0. The first-order valence-electron chi connectivity index (χ1n) is 10.6. The fourth-order valence-electron chi connectivity index (χ4n) is 2.96. The van der Waals surface area contributed by atoms with Crippen LogP contribution in [-0.2, 0) is 9.47 Å². The summed E-state index contributed by atoms with van der Waals surface area (Å²) in [6, 6.07) is 7.32. The second-order valence-corrected chi connectivity index (χ2v) is 7.54. The first-order chi connectivity index (χ1) is 13.5. The number of carbonyl (C=O) groups is 1. The average molecular weight is 394 g/mol. The van der Waals surface area contributed by atoms with Gasteiger partial charge in [-0.15, -0.1) is 0 Å². The number of methoxy groups -OCH3 is 1. The molecule has 28 heavy (non-hydrogen) atoms. The molecule has 0 unspecified atom stereocenters. The van der Waals surface area contributed by atoms with Gasteiger partial charge in [-0.3, -0.25) is 9.69 Å². The third-order valence-corrected chi connectivity index (χ3v) is 4.99. The summed E-state index contributed by atoms with van der Waals surface area (Å²) in [4.78, 5) is 15.4. The van der Waals surface area contributed by atoms with Crippen LogP contribution in [0.5, 0.6) is 5.75 Å². The van der Waals surface area contributed by atoms with E-state index in [-0.39, 0.29) is 5.78 Å². The lowest BCUT2D eigenvalue weighted by molar-refractivity contribution is 0.0273. The monoisotopic (exact) mass is 393 g/mol. The van der Waals surface area contributed by atoms with Crippen molar-refractivity contribution in [3.8, 4) is 5.75 Å². The van der Waals surface area contributed by atoms with Crippen molar-refractivity contribution < 1.29 is 19.0 Å². The average Bonchev–Trinajstić information content (AvgIpc) is 2.71. The summed E-state index contributed by atoms with van der Waals surface area (Å²) < 4.78 is 16.7. The number of nitrogens with zero attached hydrogens (tertiary/aromatic N) is 1. The molecule has 160 valence electrons. The lowest BCUT2D eigenvalue weighted by atomic mass is 9.91. The Morgan fingerprint density at radius 2 is 1.39 bits per heavy atom. The van der Waals surface area contributed by atoms with E-state index in [1.165, 1.54) is 0 Å². The van der Waals surface area contributed by atoms with Crippen LogP contribution in [0.2, 0.25) is 0 Å². The molecule has 0 aliphatic carbocycles. The molecule has 0 aliphatic heterocycles. The fraction of sp³-hybridized carbons (Fsp3) is 0.696. The zero-order chi connectivity index (χ0) is 20.8. The number of hydrogen-bond acceptors (Lipinski definition) is 5. The van der Waals surface area contributed by atoms with E-state index in [1.54, 1.807) is 7.11 Å². The van der Waals surface area contributed by atoms with Crippen molar-refractivity contribution in [2.24, 2.45) is 0 Å². The standard InChI is InChI=1S/C23H39NO4/c1-6-8-16-27-18-14-24(15-19-28-17-9-7-2)23(3,4)22(25)20-10-12-21(26-5)13-11-20/h10-13H,6-9,14-19H2,1-5H3. The van der Waals surface area contributed by atoms with Gasteiger partial charge < -0.3 is 14.2 Å². The number of hydrogen-bond donors (Lipinski definition) is 0. The van der Waals surface area contributed by atoms with Crippen molar-refractivity contribution in [3.05, 3.63) is 29.8 Å². The van der Waals surface area contributed by atoms with Gasteiger partial charge in [0, 0.05) is 31.9 Å². The van der Waals surface area contributed by atoms with Crippen LogP contribution in [0.3, 0.4) is 0 Å². The highest BCUT2D eigenvalue weighted by atomic mass is 16.5. The minimum Gasteiger partial charge on any atom is -0.497 e. The van der Waals surface area contributed by atoms with Crippen molar-refractivity contribution >= 4 is 5.78 Å². The topological polar surface area (TPSA) is 48.0 Å². The van der Waals surface area contributed by atoms with Crippen LogP contribution >= 0.6 is 0 Å². The van der Waals surface area contributed by atoms with Gasteiger partial charge in [-0.1, -0.05) is 26.7 Å². The minimum atomic E-state index is -0.642. The minimum absolute atomic E-state index is 0.0947. The highest BCUT2D eigenvalue weighted by Crippen LogP contribution is 2.22. The molecule has 0 spiro atoms. The predicted molar refractivity (Wildman–Crippen MR) is 114 cm³/mol. The normalized spacial score (nSPS) is 11.8. The highest BCUT2D eigenvalue weighted by molar-refractivity contribution is 6.02. The van der Waals surface area contributed by atoms with Crippen LogP contribution in [-0.4, -0.2) is 62.8 Å². The molecule has 1 aromatic carbocycles. The maximum Gasteiger partial charge on any atom is 0.182 e. The Labute approximate surface area is 171 Å². The van der Waals surface area contributed by atoms with Crippen molar-refractivity contribution in [2.75, 3.05) is 46.6 Å². The smallest absolute Gasteiger partial charge is 0.182 e. The summed E-state index contributed by atoms with van der Waals surface area (Å²) >= 11 is 0. The van der Waals surface area contributed by atoms with E-state index >= 15 is 0 Å². The molecule has 0 fully saturated rings. The molecule has 0 heterocycles. The first-order valence-corrected chi connectivity index (χ1v) is 10.6. The van der Waals surface area contributed by atoms with Crippen molar-refractivity contribution in [1.29, 1.82) is 0 Å².